The smallest absolute Gasteiger partial charge is 0.305 e. The maximum atomic E-state index is 12.3. The minimum Gasteiger partial charge on any atom is -0.481 e. The van der Waals surface area contributed by atoms with Crippen molar-refractivity contribution in [2.24, 2.45) is 0 Å². The van der Waals surface area contributed by atoms with Crippen molar-refractivity contribution in [3.63, 3.8) is 0 Å². The summed E-state index contributed by atoms with van der Waals surface area (Å²) in [6, 6.07) is 14.3. The molecule has 6 nitrogen and oxygen atoms in total. The summed E-state index contributed by atoms with van der Waals surface area (Å²) in [4.78, 5) is 23.4. The zero-order valence-electron chi connectivity index (χ0n) is 13.6. The van der Waals surface area contributed by atoms with Gasteiger partial charge in [-0.05, 0) is 29.7 Å². The summed E-state index contributed by atoms with van der Waals surface area (Å²) >= 11 is 0. The lowest BCUT2D eigenvalue weighted by molar-refractivity contribution is -0.137. The monoisotopic (exact) mass is 341 g/mol. The highest BCUT2D eigenvalue weighted by Crippen LogP contribution is 2.34. The molecule has 25 heavy (non-hydrogen) atoms. The van der Waals surface area contributed by atoms with Crippen LogP contribution in [0.3, 0.4) is 0 Å². The van der Waals surface area contributed by atoms with Gasteiger partial charge in [0.05, 0.1) is 12.5 Å². The van der Waals surface area contributed by atoms with Gasteiger partial charge in [0.2, 0.25) is 12.7 Å². The normalized spacial score (nSPS) is 13.3. The average Bonchev–Trinajstić information content (AvgIpc) is 3.07. The molecule has 0 aromatic heterocycles. The van der Waals surface area contributed by atoms with Crippen molar-refractivity contribution >= 4 is 11.9 Å². The van der Waals surface area contributed by atoms with Gasteiger partial charge in [0, 0.05) is 6.42 Å². The fourth-order valence-corrected chi connectivity index (χ4v) is 2.73. The van der Waals surface area contributed by atoms with Gasteiger partial charge < -0.3 is 19.9 Å². The van der Waals surface area contributed by atoms with Gasteiger partial charge in [-0.15, -0.1) is 0 Å². The van der Waals surface area contributed by atoms with Gasteiger partial charge in [-0.1, -0.05) is 36.4 Å². The van der Waals surface area contributed by atoms with Crippen LogP contribution < -0.4 is 14.8 Å². The van der Waals surface area contributed by atoms with Gasteiger partial charge in [0.15, 0.2) is 11.5 Å². The van der Waals surface area contributed by atoms with Gasteiger partial charge in [-0.3, -0.25) is 9.59 Å². The number of benzene rings is 2. The molecular weight excluding hydrogens is 322 g/mol. The Balaban J connectivity index is 1.66. The summed E-state index contributed by atoms with van der Waals surface area (Å²) in [6.07, 6.45) is 0.703. The number of rotatable bonds is 7. The van der Waals surface area contributed by atoms with E-state index in [2.05, 4.69) is 5.32 Å². The fraction of sp³-hybridized carbons (Fsp3) is 0.263. The minimum absolute atomic E-state index is 0.145. The van der Waals surface area contributed by atoms with Crippen molar-refractivity contribution in [2.75, 3.05) is 6.79 Å². The number of hydrogen-bond donors (Lipinski definition) is 2. The Morgan fingerprint density at radius 3 is 2.60 bits per heavy atom. The lowest BCUT2D eigenvalue weighted by atomic mass is 10.0. The van der Waals surface area contributed by atoms with Crippen molar-refractivity contribution in [2.45, 2.75) is 25.3 Å². The summed E-state index contributed by atoms with van der Waals surface area (Å²) in [5.41, 5.74) is 1.75. The Kier molecular flexibility index (Phi) is 5.18. The lowest BCUT2D eigenvalue weighted by Crippen LogP contribution is -2.30. The molecule has 0 aliphatic carbocycles. The second-order valence-electron chi connectivity index (χ2n) is 5.82. The van der Waals surface area contributed by atoms with Crippen LogP contribution in [-0.4, -0.2) is 23.8 Å². The van der Waals surface area contributed by atoms with Crippen LogP contribution in [0.4, 0.5) is 0 Å². The van der Waals surface area contributed by atoms with Crippen LogP contribution in [0.5, 0.6) is 11.5 Å². The summed E-state index contributed by atoms with van der Waals surface area (Å²) in [6.45, 7) is 0.145. The third-order valence-electron chi connectivity index (χ3n) is 4.00. The molecule has 0 saturated heterocycles. The molecule has 130 valence electrons. The number of aliphatic carboxylic acids is 1. The molecule has 1 aliphatic heterocycles. The highest BCUT2D eigenvalue weighted by molar-refractivity contribution is 5.78. The second kappa shape index (κ2) is 7.70. The Bertz CT molecular complexity index is 760. The lowest BCUT2D eigenvalue weighted by Gasteiger charge is -2.18. The Morgan fingerprint density at radius 1 is 1.08 bits per heavy atom. The molecule has 0 saturated carbocycles. The summed E-state index contributed by atoms with van der Waals surface area (Å²) in [7, 11) is 0. The standard InChI is InChI=1S/C19H19NO5/c21-18(9-6-13-4-2-1-3-5-13)20-15(11-19(22)23)14-7-8-16-17(10-14)25-12-24-16/h1-5,7-8,10,15H,6,9,11-12H2,(H,20,21)(H,22,23). The summed E-state index contributed by atoms with van der Waals surface area (Å²) in [5.74, 6) is 0.0125. The van der Waals surface area contributed by atoms with Gasteiger partial charge in [0.1, 0.15) is 0 Å². The molecule has 0 spiro atoms. The molecule has 2 aromatic rings. The van der Waals surface area contributed by atoms with Crippen LogP contribution in [-0.2, 0) is 16.0 Å². The van der Waals surface area contributed by atoms with Crippen molar-refractivity contribution in [1.82, 2.24) is 5.32 Å². The van der Waals surface area contributed by atoms with E-state index in [0.717, 1.165) is 5.56 Å². The third kappa shape index (κ3) is 4.50. The number of ether oxygens (including phenoxy) is 2. The van der Waals surface area contributed by atoms with Crippen molar-refractivity contribution < 1.29 is 24.2 Å². The van der Waals surface area contributed by atoms with Crippen LogP contribution in [0.15, 0.2) is 48.5 Å². The Labute approximate surface area is 145 Å². The maximum Gasteiger partial charge on any atom is 0.305 e. The molecule has 6 heteroatoms. The van der Waals surface area contributed by atoms with E-state index in [1.807, 2.05) is 30.3 Å². The molecule has 0 fully saturated rings. The van der Waals surface area contributed by atoms with Crippen LogP contribution in [0, 0.1) is 0 Å². The first-order valence-electron chi connectivity index (χ1n) is 8.06. The van der Waals surface area contributed by atoms with Crippen LogP contribution >= 0.6 is 0 Å². The second-order valence-corrected chi connectivity index (χ2v) is 5.82. The summed E-state index contributed by atoms with van der Waals surface area (Å²) in [5, 5.41) is 12.0. The van der Waals surface area contributed by atoms with Crippen LogP contribution in [0.2, 0.25) is 0 Å². The molecule has 1 heterocycles. The SMILES string of the molecule is O=C(O)CC(NC(=O)CCc1ccccc1)c1ccc2c(c1)OCO2. The maximum absolute atomic E-state index is 12.3. The number of carbonyl (C=O) groups excluding carboxylic acids is 1. The quantitative estimate of drug-likeness (QED) is 0.809. The van der Waals surface area contributed by atoms with Gasteiger partial charge in [0.25, 0.3) is 0 Å². The zero-order valence-corrected chi connectivity index (χ0v) is 13.6. The molecule has 1 atom stereocenters. The van der Waals surface area contributed by atoms with E-state index in [4.69, 9.17) is 14.6 Å². The molecule has 0 radical (unpaired) electrons. The van der Waals surface area contributed by atoms with Gasteiger partial charge >= 0.3 is 5.97 Å². The predicted octanol–water partition coefficient (Wildman–Crippen LogP) is 2.68. The largest absolute Gasteiger partial charge is 0.481 e. The molecule has 1 aliphatic rings. The van der Waals surface area contributed by atoms with E-state index in [-0.39, 0.29) is 19.1 Å². The van der Waals surface area contributed by atoms with Crippen LogP contribution in [0.1, 0.15) is 30.0 Å². The number of nitrogens with one attached hydrogen (secondary N) is 1. The minimum atomic E-state index is -0.981. The predicted molar refractivity (Wildman–Crippen MR) is 90.5 cm³/mol. The highest BCUT2D eigenvalue weighted by atomic mass is 16.7. The molecule has 1 unspecified atom stereocenters. The van der Waals surface area contributed by atoms with Crippen molar-refractivity contribution in [3.8, 4) is 11.5 Å². The number of hydrogen-bond acceptors (Lipinski definition) is 4. The number of carboxylic acid groups (broad SMARTS) is 1. The van der Waals surface area contributed by atoms with E-state index >= 15 is 0 Å². The first-order chi connectivity index (χ1) is 12.1. The molecule has 3 rings (SSSR count). The first kappa shape index (κ1) is 16.8. The Hall–Kier alpha value is -3.02. The van der Waals surface area contributed by atoms with E-state index < -0.39 is 12.0 Å². The average molecular weight is 341 g/mol. The number of aryl methyl sites for hydroxylation is 1. The number of amides is 1. The van der Waals surface area contributed by atoms with E-state index in [9.17, 15) is 9.59 Å². The number of carbonyl (C=O) groups is 2. The topological polar surface area (TPSA) is 84.9 Å². The third-order valence-corrected chi connectivity index (χ3v) is 4.00. The molecular formula is C19H19NO5. The van der Waals surface area contributed by atoms with Crippen molar-refractivity contribution in [3.05, 3.63) is 59.7 Å². The van der Waals surface area contributed by atoms with Gasteiger partial charge in [-0.25, -0.2) is 0 Å². The van der Waals surface area contributed by atoms with Gasteiger partial charge in [-0.2, -0.15) is 0 Å². The number of fused-ring (bicyclic) bond motifs is 1. The van der Waals surface area contributed by atoms with E-state index in [0.29, 0.717) is 29.9 Å². The van der Waals surface area contributed by atoms with E-state index in [1.54, 1.807) is 18.2 Å². The fourth-order valence-electron chi connectivity index (χ4n) is 2.73. The molecule has 2 N–H and O–H groups in total. The Morgan fingerprint density at radius 2 is 1.84 bits per heavy atom. The zero-order chi connectivity index (χ0) is 17.6. The molecule has 2 aromatic carbocycles. The molecule has 0 bridgehead atoms. The molecule has 1 amide bonds. The highest BCUT2D eigenvalue weighted by Gasteiger charge is 2.21. The first-order valence-corrected chi connectivity index (χ1v) is 8.06. The van der Waals surface area contributed by atoms with Crippen molar-refractivity contribution in [1.29, 1.82) is 0 Å². The number of carboxylic acids is 1. The van der Waals surface area contributed by atoms with E-state index in [1.165, 1.54) is 0 Å². The van der Waals surface area contributed by atoms with Crippen LogP contribution in [0.25, 0.3) is 0 Å². The summed E-state index contributed by atoms with van der Waals surface area (Å²) < 4.78 is 10.6.